The van der Waals surface area contributed by atoms with Crippen LogP contribution in [0.15, 0.2) is 23.1 Å². The molecule has 0 saturated heterocycles. The molecule has 0 atom stereocenters. The second-order valence-corrected chi connectivity index (χ2v) is 6.49. The smallest absolute Gasteiger partial charge is 0.175 e. The van der Waals surface area contributed by atoms with Crippen molar-refractivity contribution in [2.45, 2.75) is 31.2 Å². The van der Waals surface area contributed by atoms with E-state index in [0.717, 1.165) is 11.1 Å². The van der Waals surface area contributed by atoms with Gasteiger partial charge in [0.15, 0.2) is 9.84 Å². The summed E-state index contributed by atoms with van der Waals surface area (Å²) >= 11 is 0. The highest BCUT2D eigenvalue weighted by Gasteiger charge is 2.18. The molecular weight excluding hydrogens is 210 g/mol. The van der Waals surface area contributed by atoms with Crippen molar-refractivity contribution < 1.29 is 8.42 Å². The van der Waals surface area contributed by atoms with E-state index < -0.39 is 15.4 Å². The zero-order valence-corrected chi connectivity index (χ0v) is 10.4. The fourth-order valence-corrected chi connectivity index (χ4v) is 2.30. The minimum Gasteiger partial charge on any atom is -0.322 e. The quantitative estimate of drug-likeness (QED) is 0.834. The van der Waals surface area contributed by atoms with Crippen molar-refractivity contribution in [3.63, 3.8) is 0 Å². The summed E-state index contributed by atoms with van der Waals surface area (Å²) in [6.07, 6.45) is 1.20. The van der Waals surface area contributed by atoms with Gasteiger partial charge in [0.2, 0.25) is 0 Å². The van der Waals surface area contributed by atoms with E-state index in [4.69, 9.17) is 5.73 Å². The molecule has 0 aliphatic heterocycles. The molecule has 0 aliphatic carbocycles. The lowest BCUT2D eigenvalue weighted by molar-refractivity contribution is 0.549. The van der Waals surface area contributed by atoms with Gasteiger partial charge in [0.25, 0.3) is 0 Å². The van der Waals surface area contributed by atoms with Crippen molar-refractivity contribution >= 4 is 9.84 Å². The van der Waals surface area contributed by atoms with Crippen molar-refractivity contribution in [2.75, 3.05) is 6.26 Å². The van der Waals surface area contributed by atoms with Gasteiger partial charge in [-0.1, -0.05) is 6.07 Å². The summed E-state index contributed by atoms with van der Waals surface area (Å²) in [5.74, 6) is 0. The molecule has 0 fully saturated rings. The fourth-order valence-electron chi connectivity index (χ4n) is 1.59. The third-order valence-electron chi connectivity index (χ3n) is 2.32. The Morgan fingerprint density at radius 2 is 1.80 bits per heavy atom. The van der Waals surface area contributed by atoms with Crippen molar-refractivity contribution in [1.29, 1.82) is 0 Å². The number of sulfone groups is 1. The number of rotatable bonds is 2. The van der Waals surface area contributed by atoms with Gasteiger partial charge in [0, 0.05) is 11.8 Å². The average Bonchev–Trinajstić information content (AvgIpc) is 1.99. The van der Waals surface area contributed by atoms with Crippen LogP contribution in [0, 0.1) is 6.92 Å². The van der Waals surface area contributed by atoms with Crippen molar-refractivity contribution in [2.24, 2.45) is 5.73 Å². The lowest BCUT2D eigenvalue weighted by Gasteiger charge is -2.22. The van der Waals surface area contributed by atoms with Crippen molar-refractivity contribution in [1.82, 2.24) is 0 Å². The van der Waals surface area contributed by atoms with E-state index in [9.17, 15) is 8.42 Å². The molecule has 0 aliphatic rings. The second-order valence-electron chi connectivity index (χ2n) is 4.47. The largest absolute Gasteiger partial charge is 0.322 e. The van der Waals surface area contributed by atoms with Crippen LogP contribution in [0.1, 0.15) is 25.0 Å². The predicted octanol–water partition coefficient (Wildman–Crippen LogP) is 1.59. The number of hydrogen-bond donors (Lipinski definition) is 1. The van der Waals surface area contributed by atoms with Gasteiger partial charge in [-0.05, 0) is 44.0 Å². The monoisotopic (exact) mass is 227 g/mol. The van der Waals surface area contributed by atoms with Crippen LogP contribution in [0.2, 0.25) is 0 Å². The van der Waals surface area contributed by atoms with Crippen LogP contribution in [0.25, 0.3) is 0 Å². The molecule has 0 aromatic heterocycles. The van der Waals surface area contributed by atoms with Crippen LogP contribution in [-0.4, -0.2) is 14.7 Å². The standard InChI is InChI=1S/C11H17NO2S/c1-8-7-9(15(4,13)14)5-6-10(8)11(2,3)12/h5-7H,12H2,1-4H3. The van der Waals surface area contributed by atoms with Crippen LogP contribution >= 0.6 is 0 Å². The van der Waals surface area contributed by atoms with Gasteiger partial charge in [-0.25, -0.2) is 8.42 Å². The lowest BCUT2D eigenvalue weighted by Crippen LogP contribution is -2.29. The first-order valence-corrected chi connectivity index (χ1v) is 6.61. The van der Waals surface area contributed by atoms with E-state index in [1.807, 2.05) is 20.8 Å². The average molecular weight is 227 g/mol. The number of nitrogens with two attached hydrogens (primary N) is 1. The van der Waals surface area contributed by atoms with Gasteiger partial charge in [0.05, 0.1) is 4.90 Å². The molecule has 0 saturated carbocycles. The number of aryl methyl sites for hydroxylation is 1. The summed E-state index contributed by atoms with van der Waals surface area (Å²) < 4.78 is 22.6. The van der Waals surface area contributed by atoms with Gasteiger partial charge in [-0.3, -0.25) is 0 Å². The third-order valence-corrected chi connectivity index (χ3v) is 3.43. The molecule has 1 aromatic rings. The highest BCUT2D eigenvalue weighted by Crippen LogP contribution is 2.23. The molecule has 3 nitrogen and oxygen atoms in total. The van der Waals surface area contributed by atoms with Gasteiger partial charge in [0.1, 0.15) is 0 Å². The van der Waals surface area contributed by atoms with Gasteiger partial charge in [-0.2, -0.15) is 0 Å². The molecule has 0 radical (unpaired) electrons. The topological polar surface area (TPSA) is 60.2 Å². The zero-order valence-electron chi connectivity index (χ0n) is 9.53. The van der Waals surface area contributed by atoms with Crippen LogP contribution in [0.4, 0.5) is 0 Å². The summed E-state index contributed by atoms with van der Waals surface area (Å²) in [7, 11) is -3.13. The lowest BCUT2D eigenvalue weighted by atomic mass is 9.92. The Bertz CT molecular complexity index is 470. The first-order valence-electron chi connectivity index (χ1n) is 4.72. The number of benzene rings is 1. The Labute approximate surface area is 91.2 Å². The van der Waals surface area contributed by atoms with E-state index in [1.165, 1.54) is 6.26 Å². The molecule has 4 heteroatoms. The van der Waals surface area contributed by atoms with E-state index in [0.29, 0.717) is 4.90 Å². The predicted molar refractivity (Wildman–Crippen MR) is 61.5 cm³/mol. The highest BCUT2D eigenvalue weighted by atomic mass is 32.2. The van der Waals surface area contributed by atoms with E-state index in [-0.39, 0.29) is 0 Å². The molecule has 2 N–H and O–H groups in total. The Morgan fingerprint density at radius 1 is 1.27 bits per heavy atom. The van der Waals surface area contributed by atoms with Crippen molar-refractivity contribution in [3.05, 3.63) is 29.3 Å². The molecule has 84 valence electrons. The minimum atomic E-state index is -3.13. The van der Waals surface area contributed by atoms with Crippen LogP contribution < -0.4 is 5.73 Å². The first kappa shape index (κ1) is 12.2. The SMILES string of the molecule is Cc1cc(S(C)(=O)=O)ccc1C(C)(C)N. The normalized spacial score (nSPS) is 12.9. The Kier molecular flexibility index (Phi) is 2.94. The molecular formula is C11H17NO2S. The van der Waals surface area contributed by atoms with E-state index in [2.05, 4.69) is 0 Å². The fraction of sp³-hybridized carbons (Fsp3) is 0.455. The maximum absolute atomic E-state index is 11.3. The molecule has 15 heavy (non-hydrogen) atoms. The molecule has 0 unspecified atom stereocenters. The van der Waals surface area contributed by atoms with Gasteiger partial charge >= 0.3 is 0 Å². The number of hydrogen-bond acceptors (Lipinski definition) is 3. The summed E-state index contributed by atoms with van der Waals surface area (Å²) in [6, 6.07) is 5.05. The van der Waals surface area contributed by atoms with Crippen LogP contribution in [-0.2, 0) is 15.4 Å². The Balaban J connectivity index is 3.34. The summed E-state index contributed by atoms with van der Waals surface area (Å²) in [4.78, 5) is 0.341. The highest BCUT2D eigenvalue weighted by molar-refractivity contribution is 7.90. The second kappa shape index (κ2) is 3.61. The van der Waals surface area contributed by atoms with Gasteiger partial charge in [-0.15, -0.1) is 0 Å². The van der Waals surface area contributed by atoms with Crippen LogP contribution in [0.3, 0.4) is 0 Å². The van der Waals surface area contributed by atoms with E-state index in [1.54, 1.807) is 18.2 Å². The molecule has 0 amide bonds. The maximum Gasteiger partial charge on any atom is 0.175 e. The molecule has 1 rings (SSSR count). The maximum atomic E-state index is 11.3. The van der Waals surface area contributed by atoms with E-state index >= 15 is 0 Å². The molecule has 1 aromatic carbocycles. The first-order chi connectivity index (χ1) is 6.62. The summed E-state index contributed by atoms with van der Waals surface area (Å²) in [6.45, 7) is 5.67. The van der Waals surface area contributed by atoms with Crippen molar-refractivity contribution in [3.8, 4) is 0 Å². The Hall–Kier alpha value is -0.870. The summed E-state index contributed by atoms with van der Waals surface area (Å²) in [5.41, 5.74) is 7.40. The summed E-state index contributed by atoms with van der Waals surface area (Å²) in [5, 5.41) is 0. The van der Waals surface area contributed by atoms with Crippen LogP contribution in [0.5, 0.6) is 0 Å². The molecule has 0 bridgehead atoms. The van der Waals surface area contributed by atoms with Gasteiger partial charge < -0.3 is 5.73 Å². The molecule has 0 heterocycles. The Morgan fingerprint density at radius 3 is 2.13 bits per heavy atom. The minimum absolute atomic E-state index is 0.341. The molecule has 0 spiro atoms. The zero-order chi connectivity index (χ0) is 11.9. The third kappa shape index (κ3) is 2.79.